The Labute approximate surface area is 245 Å². The Morgan fingerprint density at radius 3 is 2.44 bits per heavy atom. The number of pyridine rings is 1. The van der Waals surface area contributed by atoms with Gasteiger partial charge in [0.1, 0.15) is 29.1 Å². The number of anilines is 1. The summed E-state index contributed by atoms with van der Waals surface area (Å²) in [6.45, 7) is 2.88. The molecule has 0 aliphatic carbocycles. The molecule has 1 amide bonds. The lowest BCUT2D eigenvalue weighted by molar-refractivity contribution is -0.274. The standard InChI is InChI=1S/C26H30F3N7O6S/c1-4-20(25(38)39)31-15-22(30)35-11-12-36(43(40,41)19-8-6-18(7-9-19)42-26(27,28)29)21(16-35)24(37)33-14-17-5-10-23(32-13-17)34(2)3/h4-10,13,15,21H,1,11-12,14,16,30H2,2-3H3,(H,33,37)(H,38,39)/b22-15+,31-20+/t21-/m1/s1. The van der Waals surface area contributed by atoms with E-state index >= 15 is 0 Å². The lowest BCUT2D eigenvalue weighted by Crippen LogP contribution is -2.60. The molecule has 1 aliphatic rings. The van der Waals surface area contributed by atoms with Crippen LogP contribution in [0.1, 0.15) is 5.56 Å². The number of hydrogen-bond acceptors (Lipinski definition) is 10. The fourth-order valence-corrected chi connectivity index (χ4v) is 5.53. The molecule has 43 heavy (non-hydrogen) atoms. The van der Waals surface area contributed by atoms with Gasteiger partial charge >= 0.3 is 12.3 Å². The van der Waals surface area contributed by atoms with Crippen molar-refractivity contribution in [3.05, 3.63) is 72.8 Å². The molecule has 0 saturated carbocycles. The van der Waals surface area contributed by atoms with Crippen molar-refractivity contribution in [2.75, 3.05) is 38.6 Å². The normalized spacial score (nSPS) is 16.9. The number of aliphatic imine (C=N–C) groups is 1. The first kappa shape index (κ1) is 32.9. The van der Waals surface area contributed by atoms with Crippen molar-refractivity contribution < 1.29 is 41.0 Å². The Morgan fingerprint density at radius 1 is 1.23 bits per heavy atom. The number of piperazine rings is 1. The number of carboxylic acid groups (broad SMARTS) is 1. The van der Waals surface area contributed by atoms with Crippen molar-refractivity contribution in [3.8, 4) is 5.75 Å². The van der Waals surface area contributed by atoms with E-state index in [4.69, 9.17) is 10.8 Å². The van der Waals surface area contributed by atoms with Crippen molar-refractivity contribution in [1.29, 1.82) is 0 Å². The summed E-state index contributed by atoms with van der Waals surface area (Å²) in [5.41, 5.74) is 6.34. The van der Waals surface area contributed by atoms with E-state index in [1.165, 1.54) is 4.90 Å². The highest BCUT2D eigenvalue weighted by Crippen LogP contribution is 2.27. The number of carbonyl (C=O) groups is 2. The van der Waals surface area contributed by atoms with Gasteiger partial charge in [0, 0.05) is 46.5 Å². The second-order valence-electron chi connectivity index (χ2n) is 9.31. The number of nitrogens with two attached hydrogens (primary N) is 1. The molecule has 3 rings (SSSR count). The molecule has 1 aromatic heterocycles. The highest BCUT2D eigenvalue weighted by molar-refractivity contribution is 7.89. The van der Waals surface area contributed by atoms with Crippen LogP contribution in [0.2, 0.25) is 0 Å². The molecule has 232 valence electrons. The smallest absolute Gasteiger partial charge is 0.477 e. The fourth-order valence-electron chi connectivity index (χ4n) is 3.96. The number of sulfonamides is 1. The van der Waals surface area contributed by atoms with Crippen molar-refractivity contribution >= 4 is 33.4 Å². The second kappa shape index (κ2) is 13.6. The highest BCUT2D eigenvalue weighted by Gasteiger charge is 2.40. The summed E-state index contributed by atoms with van der Waals surface area (Å²) in [5.74, 6) is -1.98. The predicted octanol–water partition coefficient (Wildman–Crippen LogP) is 1.51. The zero-order chi connectivity index (χ0) is 31.9. The van der Waals surface area contributed by atoms with Crippen LogP contribution in [0, 0.1) is 0 Å². The molecule has 1 saturated heterocycles. The first-order valence-corrected chi connectivity index (χ1v) is 14.0. The lowest BCUT2D eigenvalue weighted by atomic mass is 10.2. The number of hydrogen-bond donors (Lipinski definition) is 3. The molecule has 2 heterocycles. The molecular weight excluding hydrogens is 595 g/mol. The van der Waals surface area contributed by atoms with Crippen LogP contribution in [-0.2, 0) is 26.2 Å². The monoisotopic (exact) mass is 625 g/mol. The number of carboxylic acids is 1. The third-order valence-electron chi connectivity index (χ3n) is 6.15. The zero-order valence-corrected chi connectivity index (χ0v) is 24.0. The molecular formula is C26H30F3N7O6S. The van der Waals surface area contributed by atoms with Gasteiger partial charge in [0.2, 0.25) is 15.9 Å². The van der Waals surface area contributed by atoms with E-state index < -0.39 is 40.1 Å². The Bertz CT molecular complexity index is 1490. The summed E-state index contributed by atoms with van der Waals surface area (Å²) in [6, 6.07) is 5.75. The molecule has 0 radical (unpaired) electrons. The summed E-state index contributed by atoms with van der Waals surface area (Å²) in [6.07, 6.45) is -1.34. The number of nitrogens with zero attached hydrogens (tertiary/aromatic N) is 5. The minimum Gasteiger partial charge on any atom is -0.477 e. The topological polar surface area (TPSA) is 171 Å². The Hall–Kier alpha value is -4.64. The van der Waals surface area contributed by atoms with Crippen LogP contribution in [0.5, 0.6) is 5.75 Å². The maximum absolute atomic E-state index is 13.6. The number of rotatable bonds is 11. The van der Waals surface area contributed by atoms with Gasteiger partial charge in [0.05, 0.1) is 11.1 Å². The van der Waals surface area contributed by atoms with Gasteiger partial charge in [0.15, 0.2) is 0 Å². The first-order valence-electron chi connectivity index (χ1n) is 12.5. The van der Waals surface area contributed by atoms with Crippen LogP contribution in [0.3, 0.4) is 0 Å². The van der Waals surface area contributed by atoms with E-state index in [1.807, 2.05) is 14.1 Å². The minimum atomic E-state index is -4.96. The molecule has 1 atom stereocenters. The van der Waals surface area contributed by atoms with Gasteiger partial charge in [-0.15, -0.1) is 13.2 Å². The quantitative estimate of drug-likeness (QED) is 0.311. The van der Waals surface area contributed by atoms with Crippen LogP contribution >= 0.6 is 0 Å². The van der Waals surface area contributed by atoms with E-state index in [9.17, 15) is 31.2 Å². The number of halogens is 3. The number of ether oxygens (including phenoxy) is 1. The van der Waals surface area contributed by atoms with Crippen molar-refractivity contribution in [3.63, 3.8) is 0 Å². The van der Waals surface area contributed by atoms with E-state index in [-0.39, 0.29) is 42.6 Å². The van der Waals surface area contributed by atoms with E-state index in [0.717, 1.165) is 40.8 Å². The molecule has 0 spiro atoms. The average Bonchev–Trinajstić information content (AvgIpc) is 2.95. The van der Waals surface area contributed by atoms with Crippen LogP contribution in [-0.4, -0.2) is 91.4 Å². The van der Waals surface area contributed by atoms with Crippen molar-refractivity contribution in [2.24, 2.45) is 10.7 Å². The maximum atomic E-state index is 13.6. The Balaban J connectivity index is 1.88. The highest BCUT2D eigenvalue weighted by atomic mass is 32.2. The number of carbonyl (C=O) groups excluding carboxylic acids is 1. The number of aliphatic carboxylic acids is 1. The molecule has 0 unspecified atom stereocenters. The van der Waals surface area contributed by atoms with E-state index in [2.05, 4.69) is 26.6 Å². The van der Waals surface area contributed by atoms with Gasteiger partial charge in [-0.1, -0.05) is 12.6 Å². The summed E-state index contributed by atoms with van der Waals surface area (Å²) in [4.78, 5) is 35.5. The van der Waals surface area contributed by atoms with Crippen LogP contribution in [0.15, 0.2) is 77.2 Å². The van der Waals surface area contributed by atoms with Gasteiger partial charge in [-0.05, 0) is 42.0 Å². The molecule has 0 bridgehead atoms. The SMILES string of the molecule is C=C/C(=N\C=C(/N)N1CCN(S(=O)(=O)c2ccc(OC(F)(F)F)cc2)[C@@H](C(=O)NCc2ccc(N(C)C)nc2)C1)C(=O)O. The summed E-state index contributed by atoms with van der Waals surface area (Å²) in [5, 5.41) is 11.8. The number of aromatic nitrogens is 1. The second-order valence-corrected chi connectivity index (χ2v) is 11.2. The Kier molecular flexibility index (Phi) is 10.4. The summed E-state index contributed by atoms with van der Waals surface area (Å²) in [7, 11) is -0.762. The number of benzene rings is 1. The largest absolute Gasteiger partial charge is 0.573 e. The van der Waals surface area contributed by atoms with Gasteiger partial charge in [-0.2, -0.15) is 4.31 Å². The van der Waals surface area contributed by atoms with Gasteiger partial charge in [-0.25, -0.2) is 23.2 Å². The minimum absolute atomic E-state index is 0.0114. The number of nitrogens with one attached hydrogen (secondary N) is 1. The first-order chi connectivity index (χ1) is 20.1. The van der Waals surface area contributed by atoms with E-state index in [0.29, 0.717) is 11.4 Å². The van der Waals surface area contributed by atoms with Crippen LogP contribution in [0.25, 0.3) is 0 Å². The molecule has 13 nitrogen and oxygen atoms in total. The zero-order valence-electron chi connectivity index (χ0n) is 23.2. The maximum Gasteiger partial charge on any atom is 0.573 e. The average molecular weight is 626 g/mol. The van der Waals surface area contributed by atoms with Gasteiger partial charge in [0.25, 0.3) is 0 Å². The predicted molar refractivity (Wildman–Crippen MR) is 150 cm³/mol. The third-order valence-corrected chi connectivity index (χ3v) is 8.07. The summed E-state index contributed by atoms with van der Waals surface area (Å²) >= 11 is 0. The third kappa shape index (κ3) is 8.68. The molecule has 17 heteroatoms. The van der Waals surface area contributed by atoms with Crippen LogP contribution in [0.4, 0.5) is 19.0 Å². The number of alkyl halides is 3. The number of amides is 1. The van der Waals surface area contributed by atoms with E-state index in [1.54, 1.807) is 23.2 Å². The van der Waals surface area contributed by atoms with Gasteiger partial charge in [-0.3, -0.25) is 4.79 Å². The molecule has 1 aromatic carbocycles. The molecule has 1 fully saturated rings. The fraction of sp³-hybridized carbons (Fsp3) is 0.308. The molecule has 2 aromatic rings. The van der Waals surface area contributed by atoms with Crippen LogP contribution < -0.4 is 20.7 Å². The summed E-state index contributed by atoms with van der Waals surface area (Å²) < 4.78 is 69.6. The van der Waals surface area contributed by atoms with Gasteiger partial charge < -0.3 is 30.7 Å². The lowest BCUT2D eigenvalue weighted by Gasteiger charge is -2.40. The molecule has 1 aliphatic heterocycles. The van der Waals surface area contributed by atoms with Crippen molar-refractivity contribution in [1.82, 2.24) is 19.5 Å². The van der Waals surface area contributed by atoms with Crippen molar-refractivity contribution in [2.45, 2.75) is 23.8 Å². The Morgan fingerprint density at radius 2 is 1.91 bits per heavy atom. The molecule has 4 N–H and O–H groups in total.